The zero-order valence-corrected chi connectivity index (χ0v) is 10.9. The number of carbonyl (C=O) groups is 1. The number of furan rings is 1. The Morgan fingerprint density at radius 3 is 2.55 bits per heavy atom. The molecule has 0 radical (unpaired) electrons. The fourth-order valence-corrected chi connectivity index (χ4v) is 1.85. The number of nitrogens with one attached hydrogen (secondary N) is 1. The minimum absolute atomic E-state index is 0.161. The van der Waals surface area contributed by atoms with Gasteiger partial charge in [0, 0.05) is 11.3 Å². The summed E-state index contributed by atoms with van der Waals surface area (Å²) in [6.45, 7) is 0. The van der Waals surface area contributed by atoms with Crippen LogP contribution in [-0.2, 0) is 0 Å². The average Bonchev–Trinajstić information content (AvgIpc) is 3.10. The van der Waals surface area contributed by atoms with Crippen molar-refractivity contribution in [3.05, 3.63) is 60.0 Å². The Balaban J connectivity index is 1.74. The number of anilines is 1. The molecule has 20 heavy (non-hydrogen) atoms. The van der Waals surface area contributed by atoms with Gasteiger partial charge in [0.25, 0.3) is 5.91 Å². The van der Waals surface area contributed by atoms with Gasteiger partial charge in [-0.15, -0.1) is 0 Å². The third-order valence-electron chi connectivity index (χ3n) is 2.66. The Hall–Kier alpha value is -2.53. The lowest BCUT2D eigenvalue weighted by molar-refractivity contribution is 0.0997. The van der Waals surface area contributed by atoms with Gasteiger partial charge in [-0.25, -0.2) is 4.98 Å². The number of rotatable bonds is 3. The number of benzene rings is 1. The Morgan fingerprint density at radius 2 is 1.95 bits per heavy atom. The second kappa shape index (κ2) is 5.22. The summed E-state index contributed by atoms with van der Waals surface area (Å²) in [5.41, 5.74) is 1.52. The molecule has 6 heteroatoms. The molecule has 1 aromatic carbocycles. The van der Waals surface area contributed by atoms with E-state index < -0.39 is 0 Å². The lowest BCUT2D eigenvalue weighted by Gasteiger charge is -2.03. The first-order valence-corrected chi connectivity index (χ1v) is 6.16. The zero-order valence-electron chi connectivity index (χ0n) is 10.2. The maximum absolute atomic E-state index is 11.8. The van der Waals surface area contributed by atoms with Crippen molar-refractivity contribution in [3.63, 3.8) is 0 Å². The van der Waals surface area contributed by atoms with Gasteiger partial charge < -0.3 is 14.2 Å². The van der Waals surface area contributed by atoms with Gasteiger partial charge in [0.2, 0.25) is 0 Å². The van der Waals surface area contributed by atoms with Gasteiger partial charge in [0.1, 0.15) is 0 Å². The Kier molecular flexibility index (Phi) is 3.26. The van der Waals surface area contributed by atoms with E-state index in [-0.39, 0.29) is 16.9 Å². The summed E-state index contributed by atoms with van der Waals surface area (Å²) in [5, 5.41) is 2.88. The predicted molar refractivity (Wildman–Crippen MR) is 73.6 cm³/mol. The van der Waals surface area contributed by atoms with Crippen LogP contribution in [0.25, 0.3) is 11.3 Å². The van der Waals surface area contributed by atoms with Gasteiger partial charge in [-0.2, -0.15) is 0 Å². The quantitative estimate of drug-likeness (QED) is 0.795. The second-order valence-corrected chi connectivity index (χ2v) is 4.37. The summed E-state index contributed by atoms with van der Waals surface area (Å²) in [6, 6.07) is 10.2. The normalized spacial score (nSPS) is 10.4. The van der Waals surface area contributed by atoms with E-state index in [1.54, 1.807) is 18.3 Å². The number of amides is 1. The molecule has 0 aliphatic carbocycles. The minimum Gasteiger partial charge on any atom is -0.444 e. The van der Waals surface area contributed by atoms with Crippen molar-refractivity contribution >= 4 is 23.2 Å². The highest BCUT2D eigenvalue weighted by atomic mass is 35.5. The topological polar surface area (TPSA) is 68.3 Å². The molecule has 0 aliphatic heterocycles. The van der Waals surface area contributed by atoms with Crippen molar-refractivity contribution in [2.45, 2.75) is 0 Å². The van der Waals surface area contributed by atoms with E-state index in [4.69, 9.17) is 20.4 Å². The average molecular weight is 289 g/mol. The molecule has 100 valence electrons. The molecular weight excluding hydrogens is 280 g/mol. The molecule has 0 spiro atoms. The first-order valence-electron chi connectivity index (χ1n) is 5.78. The molecule has 1 amide bonds. The van der Waals surface area contributed by atoms with E-state index in [1.807, 2.05) is 12.1 Å². The number of halogens is 1. The van der Waals surface area contributed by atoms with Crippen LogP contribution in [0.1, 0.15) is 10.6 Å². The molecule has 0 aliphatic rings. The van der Waals surface area contributed by atoms with Crippen LogP contribution in [0.15, 0.2) is 57.8 Å². The SMILES string of the molecule is O=C(Nc1ccc(-c2cnco2)cc1)c1ccc(Cl)o1. The van der Waals surface area contributed by atoms with Crippen LogP contribution in [-0.4, -0.2) is 10.9 Å². The summed E-state index contributed by atoms with van der Waals surface area (Å²) < 4.78 is 10.2. The van der Waals surface area contributed by atoms with Crippen LogP contribution in [0.4, 0.5) is 5.69 Å². The summed E-state index contributed by atoms with van der Waals surface area (Å²) in [4.78, 5) is 15.7. The lowest BCUT2D eigenvalue weighted by Crippen LogP contribution is -2.10. The highest BCUT2D eigenvalue weighted by Gasteiger charge is 2.11. The van der Waals surface area contributed by atoms with Gasteiger partial charge in [-0.1, -0.05) is 0 Å². The van der Waals surface area contributed by atoms with Gasteiger partial charge in [0.15, 0.2) is 23.1 Å². The number of oxazole rings is 1. The van der Waals surface area contributed by atoms with E-state index in [0.717, 1.165) is 5.56 Å². The second-order valence-electron chi connectivity index (χ2n) is 4.00. The number of hydrogen-bond donors (Lipinski definition) is 1. The Morgan fingerprint density at radius 1 is 1.15 bits per heavy atom. The van der Waals surface area contributed by atoms with Gasteiger partial charge in [0.05, 0.1) is 6.20 Å². The summed E-state index contributed by atoms with van der Waals surface area (Å²) in [7, 11) is 0. The third-order valence-corrected chi connectivity index (χ3v) is 2.86. The van der Waals surface area contributed by atoms with Crippen molar-refractivity contribution in [2.75, 3.05) is 5.32 Å². The first-order chi connectivity index (χ1) is 9.72. The van der Waals surface area contributed by atoms with Crippen molar-refractivity contribution in [2.24, 2.45) is 0 Å². The van der Waals surface area contributed by atoms with Crippen molar-refractivity contribution in [1.29, 1.82) is 0 Å². The summed E-state index contributed by atoms with van der Waals surface area (Å²) in [5.74, 6) is 0.472. The molecule has 0 unspecified atom stereocenters. The van der Waals surface area contributed by atoms with E-state index >= 15 is 0 Å². The molecular formula is C14H9ClN2O3. The highest BCUT2D eigenvalue weighted by Crippen LogP contribution is 2.21. The van der Waals surface area contributed by atoms with Gasteiger partial charge >= 0.3 is 0 Å². The lowest BCUT2D eigenvalue weighted by atomic mass is 10.1. The fourth-order valence-electron chi connectivity index (χ4n) is 1.71. The molecule has 1 N–H and O–H groups in total. The molecule has 0 saturated heterocycles. The van der Waals surface area contributed by atoms with Crippen LogP contribution >= 0.6 is 11.6 Å². The molecule has 3 rings (SSSR count). The Labute approximate surface area is 119 Å². The number of hydrogen-bond acceptors (Lipinski definition) is 4. The maximum Gasteiger partial charge on any atom is 0.291 e. The Bertz CT molecular complexity index is 717. The smallest absolute Gasteiger partial charge is 0.291 e. The van der Waals surface area contributed by atoms with E-state index in [9.17, 15) is 4.79 Å². The monoisotopic (exact) mass is 288 g/mol. The van der Waals surface area contributed by atoms with Crippen molar-refractivity contribution in [1.82, 2.24) is 4.98 Å². The van der Waals surface area contributed by atoms with E-state index in [0.29, 0.717) is 11.4 Å². The standard InChI is InChI=1S/C14H9ClN2O3/c15-13-6-5-11(20-13)14(18)17-10-3-1-9(2-4-10)12-7-16-8-19-12/h1-8H,(H,17,18). The predicted octanol–water partition coefficient (Wildman–Crippen LogP) is 3.84. The van der Waals surface area contributed by atoms with Gasteiger partial charge in [-0.05, 0) is 48.0 Å². The van der Waals surface area contributed by atoms with E-state index in [2.05, 4.69) is 10.3 Å². The van der Waals surface area contributed by atoms with Crippen LogP contribution in [0.3, 0.4) is 0 Å². The molecule has 3 aromatic rings. The number of carbonyl (C=O) groups excluding carboxylic acids is 1. The van der Waals surface area contributed by atoms with Crippen molar-refractivity contribution < 1.29 is 13.6 Å². The number of nitrogens with zero attached hydrogens (tertiary/aromatic N) is 1. The summed E-state index contributed by atoms with van der Waals surface area (Å²) in [6.07, 6.45) is 2.99. The van der Waals surface area contributed by atoms with Crippen LogP contribution in [0, 0.1) is 0 Å². The van der Waals surface area contributed by atoms with Crippen LogP contribution in [0.2, 0.25) is 5.22 Å². The molecule has 0 atom stereocenters. The van der Waals surface area contributed by atoms with E-state index in [1.165, 1.54) is 18.5 Å². The minimum atomic E-state index is -0.357. The first kappa shape index (κ1) is 12.5. The largest absolute Gasteiger partial charge is 0.444 e. The third kappa shape index (κ3) is 2.57. The van der Waals surface area contributed by atoms with Crippen LogP contribution in [0.5, 0.6) is 0 Å². The molecule has 0 fully saturated rings. The molecule has 2 aromatic heterocycles. The zero-order chi connectivity index (χ0) is 13.9. The number of aromatic nitrogens is 1. The fraction of sp³-hybridized carbons (Fsp3) is 0. The maximum atomic E-state index is 11.8. The van der Waals surface area contributed by atoms with Crippen LogP contribution < -0.4 is 5.32 Å². The van der Waals surface area contributed by atoms with Gasteiger partial charge in [-0.3, -0.25) is 4.79 Å². The highest BCUT2D eigenvalue weighted by molar-refractivity contribution is 6.29. The molecule has 0 bridgehead atoms. The molecule has 5 nitrogen and oxygen atoms in total. The van der Waals surface area contributed by atoms with Crippen molar-refractivity contribution in [3.8, 4) is 11.3 Å². The summed E-state index contributed by atoms with van der Waals surface area (Å²) >= 11 is 5.62. The molecule has 0 saturated carbocycles. The molecule has 2 heterocycles.